The lowest BCUT2D eigenvalue weighted by Gasteiger charge is -2.23. The number of hydrogen-bond acceptors (Lipinski definition) is 5. The largest absolute Gasteiger partial charge is 0.460 e. The third kappa shape index (κ3) is 6.46. The topological polar surface area (TPSA) is 81.5 Å². The van der Waals surface area contributed by atoms with Gasteiger partial charge in [-0.15, -0.1) is 0 Å². The Morgan fingerprint density at radius 2 is 1.96 bits per heavy atom. The molecule has 1 aromatic rings. The lowest BCUT2D eigenvalue weighted by atomic mass is 9.87. The first-order valence-electron chi connectivity index (χ1n) is 9.25. The zero-order chi connectivity index (χ0) is 18.1. The Morgan fingerprint density at radius 1 is 1.28 bits per heavy atom. The van der Waals surface area contributed by atoms with Gasteiger partial charge in [0.1, 0.15) is 6.61 Å². The van der Waals surface area contributed by atoms with E-state index >= 15 is 0 Å². The van der Waals surface area contributed by atoms with Gasteiger partial charge in [-0.3, -0.25) is 10.1 Å². The van der Waals surface area contributed by atoms with Crippen molar-refractivity contribution in [2.75, 3.05) is 13.2 Å². The summed E-state index contributed by atoms with van der Waals surface area (Å²) in [6, 6.07) is 5.63. The summed E-state index contributed by atoms with van der Waals surface area (Å²) in [7, 11) is 0. The first-order valence-corrected chi connectivity index (χ1v) is 9.25. The Balaban J connectivity index is 1.71. The molecule has 138 valence electrons. The highest BCUT2D eigenvalue weighted by molar-refractivity contribution is 5.89. The molecule has 1 saturated carbocycles. The number of nitro benzene ring substituents is 1. The van der Waals surface area contributed by atoms with Crippen molar-refractivity contribution >= 4 is 11.7 Å². The normalized spacial score (nSPS) is 16.4. The molecule has 2 rings (SSSR count). The highest BCUT2D eigenvalue weighted by atomic mass is 16.6. The van der Waals surface area contributed by atoms with Gasteiger partial charge in [-0.05, 0) is 37.4 Å². The van der Waals surface area contributed by atoms with Gasteiger partial charge in [-0.25, -0.2) is 4.79 Å². The van der Waals surface area contributed by atoms with E-state index in [1.807, 2.05) is 0 Å². The smallest absolute Gasteiger partial charge is 0.338 e. The van der Waals surface area contributed by atoms with Crippen molar-refractivity contribution in [3.8, 4) is 0 Å². The molecule has 0 saturated heterocycles. The molecule has 1 aliphatic carbocycles. The average Bonchev–Trinajstić information content (AvgIpc) is 2.65. The van der Waals surface area contributed by atoms with Gasteiger partial charge in [-0.1, -0.05) is 39.0 Å². The van der Waals surface area contributed by atoms with E-state index in [-0.39, 0.29) is 11.7 Å². The third-order valence-corrected chi connectivity index (χ3v) is 4.93. The van der Waals surface area contributed by atoms with E-state index in [1.54, 1.807) is 0 Å². The molecular weight excluding hydrogens is 320 g/mol. The standard InChI is InChI=1S/C19H28N2O4/c1-2-17(20-13-12-15-6-4-3-5-7-15)14-25-19(22)16-8-10-18(11-9-16)21(23)24/h8-11,15,17,20H,2-7,12-14H2,1H3. The van der Waals surface area contributed by atoms with Crippen molar-refractivity contribution in [1.29, 1.82) is 0 Å². The van der Waals surface area contributed by atoms with Crippen LogP contribution in [0.25, 0.3) is 0 Å². The van der Waals surface area contributed by atoms with Crippen molar-refractivity contribution in [3.05, 3.63) is 39.9 Å². The number of rotatable bonds is 9. The number of benzene rings is 1. The molecule has 1 atom stereocenters. The minimum absolute atomic E-state index is 0.0348. The van der Waals surface area contributed by atoms with Crippen LogP contribution in [0, 0.1) is 16.0 Å². The van der Waals surface area contributed by atoms with Crippen molar-refractivity contribution in [3.63, 3.8) is 0 Å². The van der Waals surface area contributed by atoms with Crippen LogP contribution in [0.2, 0.25) is 0 Å². The molecule has 1 aromatic carbocycles. The number of esters is 1. The van der Waals surface area contributed by atoms with Crippen molar-refractivity contribution in [1.82, 2.24) is 5.32 Å². The van der Waals surface area contributed by atoms with Gasteiger partial charge >= 0.3 is 5.97 Å². The molecular formula is C19H28N2O4. The van der Waals surface area contributed by atoms with E-state index in [9.17, 15) is 14.9 Å². The molecule has 0 aromatic heterocycles. The summed E-state index contributed by atoms with van der Waals surface area (Å²) in [5.74, 6) is 0.392. The Bertz CT molecular complexity index is 553. The number of carbonyl (C=O) groups is 1. The minimum Gasteiger partial charge on any atom is -0.460 e. The van der Waals surface area contributed by atoms with Gasteiger partial charge in [0.05, 0.1) is 10.5 Å². The van der Waals surface area contributed by atoms with Crippen LogP contribution in [-0.2, 0) is 4.74 Å². The van der Waals surface area contributed by atoms with Crippen LogP contribution in [0.3, 0.4) is 0 Å². The molecule has 0 heterocycles. The fraction of sp³-hybridized carbons (Fsp3) is 0.632. The van der Waals surface area contributed by atoms with E-state index in [2.05, 4.69) is 12.2 Å². The average molecular weight is 348 g/mol. The zero-order valence-corrected chi connectivity index (χ0v) is 14.9. The summed E-state index contributed by atoms with van der Waals surface area (Å²) in [6.45, 7) is 3.34. The summed E-state index contributed by atoms with van der Waals surface area (Å²) in [5.41, 5.74) is 0.301. The number of carbonyl (C=O) groups excluding carboxylic acids is 1. The summed E-state index contributed by atoms with van der Waals surface area (Å²) in [5, 5.41) is 14.1. The Morgan fingerprint density at radius 3 is 2.56 bits per heavy atom. The molecule has 25 heavy (non-hydrogen) atoms. The van der Waals surface area contributed by atoms with E-state index in [4.69, 9.17) is 4.74 Å². The molecule has 0 spiro atoms. The van der Waals surface area contributed by atoms with Crippen LogP contribution >= 0.6 is 0 Å². The van der Waals surface area contributed by atoms with Gasteiger partial charge < -0.3 is 10.1 Å². The molecule has 1 N–H and O–H groups in total. The predicted molar refractivity (Wildman–Crippen MR) is 96.7 cm³/mol. The highest BCUT2D eigenvalue weighted by Crippen LogP contribution is 2.25. The number of nitrogens with one attached hydrogen (secondary N) is 1. The lowest BCUT2D eigenvalue weighted by Crippen LogP contribution is -2.35. The summed E-state index contributed by atoms with van der Waals surface area (Å²) >= 11 is 0. The van der Waals surface area contributed by atoms with Gasteiger partial charge in [-0.2, -0.15) is 0 Å². The van der Waals surface area contributed by atoms with Gasteiger partial charge in [0.25, 0.3) is 5.69 Å². The van der Waals surface area contributed by atoms with E-state index in [1.165, 1.54) is 62.8 Å². The number of non-ortho nitro benzene ring substituents is 1. The maximum Gasteiger partial charge on any atom is 0.338 e. The van der Waals surface area contributed by atoms with E-state index in [0.29, 0.717) is 12.2 Å². The molecule has 1 unspecified atom stereocenters. The molecule has 0 amide bonds. The Labute approximate surface area is 149 Å². The second-order valence-corrected chi connectivity index (χ2v) is 6.75. The molecule has 1 fully saturated rings. The summed E-state index contributed by atoms with van der Waals surface area (Å²) in [4.78, 5) is 22.2. The second kappa shape index (κ2) is 10.1. The second-order valence-electron chi connectivity index (χ2n) is 6.75. The van der Waals surface area contributed by atoms with Crippen molar-refractivity contribution in [2.45, 2.75) is 57.9 Å². The number of ether oxygens (including phenoxy) is 1. The molecule has 0 bridgehead atoms. The monoisotopic (exact) mass is 348 g/mol. The van der Waals surface area contributed by atoms with E-state index in [0.717, 1.165) is 18.9 Å². The fourth-order valence-electron chi connectivity index (χ4n) is 3.27. The van der Waals surface area contributed by atoms with Gasteiger partial charge in [0.2, 0.25) is 0 Å². The summed E-state index contributed by atoms with van der Waals surface area (Å²) < 4.78 is 5.35. The Hall–Kier alpha value is -1.95. The van der Waals surface area contributed by atoms with Gasteiger partial charge in [0, 0.05) is 18.2 Å². The van der Waals surface area contributed by atoms with Crippen LogP contribution in [0.5, 0.6) is 0 Å². The maximum atomic E-state index is 12.0. The van der Waals surface area contributed by atoms with E-state index < -0.39 is 10.9 Å². The molecule has 0 aliphatic heterocycles. The fourth-order valence-corrected chi connectivity index (χ4v) is 3.27. The molecule has 1 aliphatic rings. The first kappa shape index (κ1) is 19.4. The number of hydrogen-bond donors (Lipinski definition) is 1. The maximum absolute atomic E-state index is 12.0. The lowest BCUT2D eigenvalue weighted by molar-refractivity contribution is -0.384. The van der Waals surface area contributed by atoms with Crippen LogP contribution in [0.4, 0.5) is 5.69 Å². The van der Waals surface area contributed by atoms with Crippen LogP contribution in [0.15, 0.2) is 24.3 Å². The van der Waals surface area contributed by atoms with Crippen LogP contribution in [-0.4, -0.2) is 30.1 Å². The van der Waals surface area contributed by atoms with Crippen molar-refractivity contribution < 1.29 is 14.5 Å². The van der Waals surface area contributed by atoms with Crippen molar-refractivity contribution in [2.24, 2.45) is 5.92 Å². The quantitative estimate of drug-likeness (QED) is 0.413. The summed E-state index contributed by atoms with van der Waals surface area (Å²) in [6.07, 6.45) is 8.84. The number of nitro groups is 1. The SMILES string of the molecule is CCC(COC(=O)c1ccc([N+](=O)[O-])cc1)NCCC1CCCCC1. The predicted octanol–water partition coefficient (Wildman–Crippen LogP) is 4.09. The van der Waals surface area contributed by atoms with Crippen LogP contribution < -0.4 is 5.32 Å². The first-order chi connectivity index (χ1) is 12.1. The van der Waals surface area contributed by atoms with Crippen LogP contribution in [0.1, 0.15) is 62.2 Å². The molecule has 6 nitrogen and oxygen atoms in total. The number of nitrogens with zero attached hydrogens (tertiary/aromatic N) is 1. The minimum atomic E-state index is -0.488. The van der Waals surface area contributed by atoms with Gasteiger partial charge in [0.15, 0.2) is 0 Å². The molecule has 6 heteroatoms. The molecule has 0 radical (unpaired) electrons. The highest BCUT2D eigenvalue weighted by Gasteiger charge is 2.16. The third-order valence-electron chi connectivity index (χ3n) is 4.93. The Kier molecular flexibility index (Phi) is 7.85. The zero-order valence-electron chi connectivity index (χ0n) is 14.9.